The number of quaternary nitrogens is 1. The maximum absolute atomic E-state index is 13.2. The fraction of sp³-hybridized carbons (Fsp3) is 0.321. The molecule has 3 aromatic carbocycles. The molecule has 1 heterocycles. The third-order valence-corrected chi connectivity index (χ3v) is 7.14. The van der Waals surface area contributed by atoms with E-state index >= 15 is 0 Å². The van der Waals surface area contributed by atoms with Crippen molar-refractivity contribution in [3.05, 3.63) is 108 Å². The smallest absolute Gasteiger partial charge is 0.233 e. The molecule has 1 fully saturated rings. The number of hydrogen-bond acceptors (Lipinski definition) is 1. The average molecular weight is 414 g/mol. The van der Waals surface area contributed by atoms with Crippen molar-refractivity contribution < 1.29 is 9.28 Å². The Kier molecular flexibility index (Phi) is 6.24. The van der Waals surface area contributed by atoms with Gasteiger partial charge >= 0.3 is 0 Å². The quantitative estimate of drug-likeness (QED) is 0.541. The summed E-state index contributed by atoms with van der Waals surface area (Å²) in [6.45, 7) is 3.15. The van der Waals surface area contributed by atoms with Crippen molar-refractivity contribution in [3.63, 3.8) is 0 Å². The van der Waals surface area contributed by atoms with E-state index in [0.29, 0.717) is 0 Å². The molecule has 0 aromatic heterocycles. The van der Waals surface area contributed by atoms with Crippen molar-refractivity contribution >= 4 is 5.91 Å². The first-order valence-corrected chi connectivity index (χ1v) is 11.3. The zero-order valence-corrected chi connectivity index (χ0v) is 18.4. The zero-order chi connectivity index (χ0) is 21.7. The Balaban J connectivity index is 1.60. The maximum Gasteiger partial charge on any atom is 0.233 e. The topological polar surface area (TPSA) is 43.1 Å². The summed E-state index contributed by atoms with van der Waals surface area (Å²) in [4.78, 5) is 13.2. The molecule has 0 spiro atoms. The first-order chi connectivity index (χ1) is 15.0. The minimum absolute atomic E-state index is 0.177. The zero-order valence-electron chi connectivity index (χ0n) is 18.4. The lowest BCUT2D eigenvalue weighted by atomic mass is 9.64. The summed E-state index contributed by atoms with van der Waals surface area (Å²) in [7, 11) is 2.34. The summed E-state index contributed by atoms with van der Waals surface area (Å²) >= 11 is 0. The normalized spacial score (nSPS) is 21.1. The van der Waals surface area contributed by atoms with Crippen LogP contribution >= 0.6 is 0 Å². The molecule has 160 valence electrons. The van der Waals surface area contributed by atoms with Crippen molar-refractivity contribution in [2.75, 3.05) is 26.7 Å². The van der Waals surface area contributed by atoms with Gasteiger partial charge in [-0.1, -0.05) is 91.0 Å². The minimum atomic E-state index is -0.794. The number of carbonyl (C=O) groups excluding carboxylic acids is 1. The summed E-state index contributed by atoms with van der Waals surface area (Å²) < 4.78 is 0.992. The highest BCUT2D eigenvalue weighted by molar-refractivity contribution is 5.91. The lowest BCUT2D eigenvalue weighted by Gasteiger charge is -2.38. The first kappa shape index (κ1) is 21.3. The minimum Gasteiger partial charge on any atom is -0.369 e. The van der Waals surface area contributed by atoms with Gasteiger partial charge in [0, 0.05) is 18.8 Å². The van der Waals surface area contributed by atoms with Crippen LogP contribution in [-0.4, -0.2) is 37.1 Å². The van der Waals surface area contributed by atoms with Crippen molar-refractivity contribution in [3.8, 4) is 0 Å². The highest BCUT2D eigenvalue weighted by Gasteiger charge is 2.53. The molecule has 0 aliphatic carbocycles. The predicted octanol–water partition coefficient (Wildman–Crippen LogP) is 4.56. The Morgan fingerprint density at radius 2 is 1.42 bits per heavy atom. The van der Waals surface area contributed by atoms with Crippen LogP contribution in [0, 0.1) is 5.92 Å². The number of likely N-dealkylation sites (tertiary alicyclic amines) is 1. The van der Waals surface area contributed by atoms with Crippen LogP contribution in [0.15, 0.2) is 91.0 Å². The third kappa shape index (κ3) is 4.28. The van der Waals surface area contributed by atoms with Crippen molar-refractivity contribution in [2.24, 2.45) is 11.7 Å². The highest BCUT2D eigenvalue weighted by atomic mass is 16.1. The molecule has 0 radical (unpaired) electrons. The van der Waals surface area contributed by atoms with E-state index in [-0.39, 0.29) is 11.8 Å². The summed E-state index contributed by atoms with van der Waals surface area (Å²) in [6.07, 6.45) is 3.24. The summed E-state index contributed by atoms with van der Waals surface area (Å²) in [5.74, 6) is -0.0656. The largest absolute Gasteiger partial charge is 0.369 e. The van der Waals surface area contributed by atoms with Gasteiger partial charge in [-0.25, -0.2) is 0 Å². The van der Waals surface area contributed by atoms with Crippen LogP contribution in [0.2, 0.25) is 0 Å². The van der Waals surface area contributed by atoms with Crippen LogP contribution in [0.25, 0.3) is 0 Å². The predicted molar refractivity (Wildman–Crippen MR) is 127 cm³/mol. The van der Waals surface area contributed by atoms with Gasteiger partial charge in [-0.05, 0) is 23.1 Å². The SMILES string of the molecule is C[N+]1(CCCc2ccccc2)CCC(C(C(N)=O)(c2ccccc2)c2ccccc2)C1. The number of nitrogens with two attached hydrogens (primary N) is 1. The molecule has 1 aliphatic rings. The molecule has 1 aliphatic heterocycles. The maximum atomic E-state index is 13.2. The number of rotatable bonds is 8. The van der Waals surface area contributed by atoms with E-state index in [1.807, 2.05) is 36.4 Å². The van der Waals surface area contributed by atoms with Gasteiger partial charge < -0.3 is 10.2 Å². The molecular weight excluding hydrogens is 380 g/mol. The Labute approximate surface area is 186 Å². The molecule has 2 unspecified atom stereocenters. The van der Waals surface area contributed by atoms with Crippen molar-refractivity contribution in [1.29, 1.82) is 0 Å². The van der Waals surface area contributed by atoms with Gasteiger partial charge in [0.05, 0.1) is 26.7 Å². The second-order valence-electron chi connectivity index (χ2n) is 9.23. The Bertz CT molecular complexity index is 948. The molecule has 2 atom stereocenters. The molecule has 1 saturated heterocycles. The molecule has 31 heavy (non-hydrogen) atoms. The molecule has 3 aromatic rings. The van der Waals surface area contributed by atoms with Gasteiger partial charge in [-0.15, -0.1) is 0 Å². The summed E-state index contributed by atoms with van der Waals surface area (Å²) in [6, 6.07) is 31.0. The van der Waals surface area contributed by atoms with Gasteiger partial charge in [0.15, 0.2) is 0 Å². The van der Waals surface area contributed by atoms with Crippen LogP contribution in [-0.2, 0) is 16.6 Å². The number of hydrogen-bond donors (Lipinski definition) is 1. The van der Waals surface area contributed by atoms with Gasteiger partial charge in [-0.3, -0.25) is 4.79 Å². The molecule has 4 rings (SSSR count). The number of amides is 1. The molecule has 0 bridgehead atoms. The number of primary amides is 1. The Morgan fingerprint density at radius 3 is 1.94 bits per heavy atom. The number of benzene rings is 3. The summed E-state index contributed by atoms with van der Waals surface area (Å²) in [5, 5.41) is 0. The van der Waals surface area contributed by atoms with E-state index in [0.717, 1.165) is 54.5 Å². The van der Waals surface area contributed by atoms with Gasteiger partial charge in [-0.2, -0.15) is 0 Å². The molecule has 1 amide bonds. The fourth-order valence-corrected chi connectivity index (χ4v) is 5.57. The Morgan fingerprint density at radius 1 is 0.903 bits per heavy atom. The molecule has 3 heteroatoms. The monoisotopic (exact) mass is 413 g/mol. The number of nitrogens with zero attached hydrogens (tertiary/aromatic N) is 1. The molecule has 0 saturated carbocycles. The van der Waals surface area contributed by atoms with Crippen LogP contribution < -0.4 is 5.73 Å². The lowest BCUT2D eigenvalue weighted by Crippen LogP contribution is -2.51. The molecular formula is C28H33N2O+. The standard InChI is InChI=1S/C28H32N2O/c1-30(20-11-14-23-12-5-2-6-13-23)21-19-26(22-30)28(27(29)31,24-15-7-3-8-16-24)25-17-9-4-10-18-25/h2-10,12-13,15-18,26H,11,14,19-22H2,1H3,(H-,29,31)/p+1. The van der Waals surface area contributed by atoms with Gasteiger partial charge in [0.1, 0.15) is 5.41 Å². The summed E-state index contributed by atoms with van der Waals surface area (Å²) in [5.41, 5.74) is 8.86. The van der Waals surface area contributed by atoms with Crippen molar-refractivity contribution in [1.82, 2.24) is 0 Å². The number of carbonyl (C=O) groups is 1. The van der Waals surface area contributed by atoms with E-state index in [2.05, 4.69) is 61.6 Å². The fourth-order valence-electron chi connectivity index (χ4n) is 5.57. The van der Waals surface area contributed by atoms with Crippen LogP contribution in [0.4, 0.5) is 0 Å². The van der Waals surface area contributed by atoms with E-state index in [1.165, 1.54) is 5.56 Å². The van der Waals surface area contributed by atoms with Gasteiger partial charge in [0.2, 0.25) is 5.91 Å². The van der Waals surface area contributed by atoms with Crippen LogP contribution in [0.5, 0.6) is 0 Å². The van der Waals surface area contributed by atoms with Crippen LogP contribution in [0.1, 0.15) is 29.5 Å². The molecule has 3 nitrogen and oxygen atoms in total. The van der Waals surface area contributed by atoms with E-state index in [1.54, 1.807) is 0 Å². The molecule has 2 N–H and O–H groups in total. The van der Waals surface area contributed by atoms with Crippen molar-refractivity contribution in [2.45, 2.75) is 24.7 Å². The second-order valence-corrected chi connectivity index (χ2v) is 9.23. The lowest BCUT2D eigenvalue weighted by molar-refractivity contribution is -0.899. The Hall–Kier alpha value is -2.91. The van der Waals surface area contributed by atoms with Crippen LogP contribution in [0.3, 0.4) is 0 Å². The van der Waals surface area contributed by atoms with Gasteiger partial charge in [0.25, 0.3) is 0 Å². The highest BCUT2D eigenvalue weighted by Crippen LogP contribution is 2.45. The van der Waals surface area contributed by atoms with E-state index in [4.69, 9.17) is 5.73 Å². The first-order valence-electron chi connectivity index (χ1n) is 11.3. The average Bonchev–Trinajstić information content (AvgIpc) is 3.18. The van der Waals surface area contributed by atoms with E-state index in [9.17, 15) is 4.79 Å². The second kappa shape index (κ2) is 9.07. The third-order valence-electron chi connectivity index (χ3n) is 7.14. The van der Waals surface area contributed by atoms with E-state index < -0.39 is 5.41 Å². The number of aryl methyl sites for hydroxylation is 1.